The lowest BCUT2D eigenvalue weighted by atomic mass is 9.77. The summed E-state index contributed by atoms with van der Waals surface area (Å²) in [5, 5.41) is 22.4. The van der Waals surface area contributed by atoms with Crippen LogP contribution in [-0.4, -0.2) is 29.1 Å². The van der Waals surface area contributed by atoms with Gasteiger partial charge in [-0.1, -0.05) is 78.3 Å². The molecule has 9 heteroatoms. The number of hydrogen-bond acceptors (Lipinski definition) is 5. The van der Waals surface area contributed by atoms with Crippen molar-refractivity contribution >= 4 is 33.3 Å². The second kappa shape index (κ2) is 10.8. The van der Waals surface area contributed by atoms with Crippen molar-refractivity contribution in [1.29, 1.82) is 0 Å². The van der Waals surface area contributed by atoms with E-state index < -0.39 is 28.2 Å². The van der Waals surface area contributed by atoms with Crippen LogP contribution >= 0.6 is 11.6 Å². The van der Waals surface area contributed by atoms with Crippen molar-refractivity contribution < 1.29 is 28.0 Å². The Balaban J connectivity index is 1.48. The van der Waals surface area contributed by atoms with Gasteiger partial charge in [-0.05, 0) is 54.3 Å². The number of aliphatic hydroxyl groups is 1. The number of rotatable bonds is 8. The van der Waals surface area contributed by atoms with Gasteiger partial charge in [0.1, 0.15) is 10.6 Å². The molecule has 1 fully saturated rings. The highest BCUT2D eigenvalue weighted by Crippen LogP contribution is 2.49. The number of benzene rings is 4. The number of phenols is 1. The third kappa shape index (κ3) is 5.29. The second-order valence-electron chi connectivity index (χ2n) is 9.45. The van der Waals surface area contributed by atoms with Crippen LogP contribution in [0.2, 0.25) is 5.02 Å². The van der Waals surface area contributed by atoms with E-state index in [9.17, 15) is 28.0 Å². The molecule has 0 aliphatic carbocycles. The quantitative estimate of drug-likeness (QED) is 0.174. The number of para-hydroxylation sites is 1. The molecule has 0 unspecified atom stereocenters. The number of carbonyl (C=O) groups is 1. The molecule has 0 spiro atoms. The molecule has 0 saturated carbocycles. The molecule has 1 amide bonds. The molecule has 1 saturated heterocycles. The Kier molecular flexibility index (Phi) is 7.46. The summed E-state index contributed by atoms with van der Waals surface area (Å²) in [6, 6.07) is 26.3. The summed E-state index contributed by atoms with van der Waals surface area (Å²) in [5.74, 6) is -0.755. The van der Waals surface area contributed by atoms with E-state index in [-0.39, 0.29) is 22.1 Å². The van der Waals surface area contributed by atoms with Gasteiger partial charge >= 0.3 is 0 Å². The van der Waals surface area contributed by atoms with Crippen LogP contribution in [0.15, 0.2) is 102 Å². The first-order chi connectivity index (χ1) is 18.7. The number of phenolic OH excluding ortho intramolecular Hbond substituents is 1. The van der Waals surface area contributed by atoms with Crippen molar-refractivity contribution in [1.82, 2.24) is 0 Å². The van der Waals surface area contributed by atoms with Gasteiger partial charge in [0.05, 0.1) is 18.1 Å². The predicted octanol–water partition coefficient (Wildman–Crippen LogP) is 6.18. The van der Waals surface area contributed by atoms with Crippen molar-refractivity contribution in [3.05, 3.63) is 113 Å². The Bertz CT molecular complexity index is 1630. The SMILES string of the molecule is O=C1[C@H](CC[C@H](O)c2ccccc2Cl)[C@@H](c2ccc(-c3ccccc3S(=O)(=O)O)cc2O)N1c1ccccc1. The Labute approximate surface area is 231 Å². The van der Waals surface area contributed by atoms with Crippen molar-refractivity contribution in [2.45, 2.75) is 29.9 Å². The highest BCUT2D eigenvalue weighted by atomic mass is 35.5. The van der Waals surface area contributed by atoms with Crippen LogP contribution in [0.4, 0.5) is 5.69 Å². The van der Waals surface area contributed by atoms with E-state index in [0.717, 1.165) is 0 Å². The maximum atomic E-state index is 13.4. The molecular formula is C30H26ClNO6S. The van der Waals surface area contributed by atoms with E-state index >= 15 is 0 Å². The molecule has 1 heterocycles. The molecular weight excluding hydrogens is 538 g/mol. The van der Waals surface area contributed by atoms with Gasteiger partial charge in [-0.25, -0.2) is 0 Å². The van der Waals surface area contributed by atoms with E-state index in [2.05, 4.69) is 0 Å². The van der Waals surface area contributed by atoms with Crippen LogP contribution in [0.25, 0.3) is 11.1 Å². The van der Waals surface area contributed by atoms with Crippen molar-refractivity contribution in [3.63, 3.8) is 0 Å². The molecule has 3 N–H and O–H groups in total. The van der Waals surface area contributed by atoms with Gasteiger partial charge in [0.2, 0.25) is 5.91 Å². The Morgan fingerprint density at radius 3 is 2.26 bits per heavy atom. The van der Waals surface area contributed by atoms with Gasteiger partial charge < -0.3 is 15.1 Å². The monoisotopic (exact) mass is 563 g/mol. The third-order valence-electron chi connectivity index (χ3n) is 7.09. The fourth-order valence-corrected chi connectivity index (χ4v) is 6.17. The van der Waals surface area contributed by atoms with Crippen LogP contribution in [0.1, 0.15) is 36.1 Å². The molecule has 3 atom stereocenters. The van der Waals surface area contributed by atoms with Crippen LogP contribution in [0.3, 0.4) is 0 Å². The summed E-state index contributed by atoms with van der Waals surface area (Å²) in [5.41, 5.74) is 2.39. The summed E-state index contributed by atoms with van der Waals surface area (Å²) >= 11 is 6.24. The number of carbonyl (C=O) groups excluding carboxylic acids is 1. The molecule has 5 rings (SSSR count). The van der Waals surface area contributed by atoms with Crippen molar-refractivity contribution in [2.24, 2.45) is 5.92 Å². The lowest BCUT2D eigenvalue weighted by Gasteiger charge is -2.48. The first-order valence-corrected chi connectivity index (χ1v) is 14.2. The second-order valence-corrected chi connectivity index (χ2v) is 11.3. The van der Waals surface area contributed by atoms with Gasteiger partial charge in [0.25, 0.3) is 10.1 Å². The van der Waals surface area contributed by atoms with Crippen molar-refractivity contribution in [2.75, 3.05) is 4.90 Å². The van der Waals surface area contributed by atoms with E-state index in [1.54, 1.807) is 53.4 Å². The lowest BCUT2D eigenvalue weighted by Crippen LogP contribution is -2.55. The average molecular weight is 564 g/mol. The number of halogens is 1. The summed E-state index contributed by atoms with van der Waals surface area (Å²) in [6.07, 6.45) is -0.211. The number of anilines is 1. The largest absolute Gasteiger partial charge is 0.508 e. The number of aliphatic hydroxyl groups excluding tert-OH is 1. The van der Waals surface area contributed by atoms with E-state index in [0.29, 0.717) is 40.2 Å². The average Bonchev–Trinajstić information content (AvgIpc) is 2.92. The first kappa shape index (κ1) is 26.9. The highest BCUT2D eigenvalue weighted by molar-refractivity contribution is 7.86. The summed E-state index contributed by atoms with van der Waals surface area (Å²) in [4.78, 5) is 14.7. The van der Waals surface area contributed by atoms with Gasteiger partial charge in [0.15, 0.2) is 0 Å². The summed E-state index contributed by atoms with van der Waals surface area (Å²) < 4.78 is 33.4. The lowest BCUT2D eigenvalue weighted by molar-refractivity contribution is -0.131. The van der Waals surface area contributed by atoms with Crippen LogP contribution < -0.4 is 4.90 Å². The van der Waals surface area contributed by atoms with Gasteiger partial charge in [-0.15, -0.1) is 0 Å². The van der Waals surface area contributed by atoms with Gasteiger partial charge in [-0.3, -0.25) is 9.35 Å². The number of nitrogens with zero attached hydrogens (tertiary/aromatic N) is 1. The minimum absolute atomic E-state index is 0.118. The normalized spacial score (nSPS) is 18.0. The van der Waals surface area contributed by atoms with Crippen LogP contribution in [0, 0.1) is 5.92 Å². The standard InChI is InChI=1S/C30H26ClNO6S/c31-25-12-6-4-11-22(25)26(33)17-16-24-29(32(30(24)35)20-8-2-1-3-9-20)23-15-14-19(18-27(23)34)21-10-5-7-13-28(21)39(36,37)38/h1-15,18,24,26,29,33-34H,16-17H2,(H,36,37,38)/t24-,26+,29-/m1/s1. The maximum absolute atomic E-state index is 13.4. The molecule has 7 nitrogen and oxygen atoms in total. The molecule has 1 aliphatic rings. The highest BCUT2D eigenvalue weighted by Gasteiger charge is 2.49. The van der Waals surface area contributed by atoms with E-state index in [1.807, 2.05) is 30.3 Å². The molecule has 0 aromatic heterocycles. The molecule has 0 bridgehead atoms. The number of amides is 1. The fourth-order valence-electron chi connectivity index (χ4n) is 5.19. The number of hydrogen-bond donors (Lipinski definition) is 3. The Morgan fingerprint density at radius 2 is 1.56 bits per heavy atom. The molecule has 4 aromatic rings. The topological polar surface area (TPSA) is 115 Å². The third-order valence-corrected chi connectivity index (χ3v) is 8.34. The zero-order valence-electron chi connectivity index (χ0n) is 20.7. The predicted molar refractivity (Wildman–Crippen MR) is 149 cm³/mol. The zero-order valence-corrected chi connectivity index (χ0v) is 22.3. The fraction of sp³-hybridized carbons (Fsp3) is 0.167. The van der Waals surface area contributed by atoms with E-state index in [1.165, 1.54) is 18.2 Å². The zero-order chi connectivity index (χ0) is 27.7. The van der Waals surface area contributed by atoms with Gasteiger partial charge in [-0.2, -0.15) is 8.42 Å². The maximum Gasteiger partial charge on any atom is 0.295 e. The minimum Gasteiger partial charge on any atom is -0.508 e. The van der Waals surface area contributed by atoms with E-state index in [4.69, 9.17) is 11.6 Å². The van der Waals surface area contributed by atoms with Crippen LogP contribution in [0.5, 0.6) is 5.75 Å². The Hall–Kier alpha value is -3.69. The van der Waals surface area contributed by atoms with Gasteiger partial charge in [0, 0.05) is 21.8 Å². The first-order valence-electron chi connectivity index (χ1n) is 12.4. The smallest absolute Gasteiger partial charge is 0.295 e. The number of aromatic hydroxyl groups is 1. The number of β-lactam (4-membered cyclic amide) rings is 1. The summed E-state index contributed by atoms with van der Waals surface area (Å²) in [6.45, 7) is 0. The molecule has 200 valence electrons. The Morgan fingerprint density at radius 1 is 0.897 bits per heavy atom. The molecule has 39 heavy (non-hydrogen) atoms. The van der Waals surface area contributed by atoms with Crippen molar-refractivity contribution in [3.8, 4) is 16.9 Å². The molecule has 0 radical (unpaired) electrons. The molecule has 4 aromatic carbocycles. The molecule has 1 aliphatic heterocycles. The summed E-state index contributed by atoms with van der Waals surface area (Å²) in [7, 11) is -4.48. The van der Waals surface area contributed by atoms with Crippen LogP contribution in [-0.2, 0) is 14.9 Å². The minimum atomic E-state index is -4.48.